The van der Waals surface area contributed by atoms with E-state index in [1.807, 2.05) is 20.8 Å². The van der Waals surface area contributed by atoms with Crippen LogP contribution in [0.1, 0.15) is 47.0 Å². The van der Waals surface area contributed by atoms with Crippen molar-refractivity contribution in [3.8, 4) is 0 Å². The minimum absolute atomic E-state index is 0.128. The smallest absolute Gasteiger partial charge is 0.239 e. The summed E-state index contributed by atoms with van der Waals surface area (Å²) < 4.78 is 0. The maximum absolute atomic E-state index is 12.0. The van der Waals surface area contributed by atoms with E-state index in [0.717, 1.165) is 13.0 Å². The summed E-state index contributed by atoms with van der Waals surface area (Å²) in [7, 11) is 0. The molecule has 2 unspecified atom stereocenters. The van der Waals surface area contributed by atoms with Gasteiger partial charge in [0.25, 0.3) is 0 Å². The molecular weight excluding hydrogens is 188 g/mol. The molecule has 1 aliphatic rings. The molecule has 0 radical (unpaired) electrons. The first-order chi connectivity index (χ1) is 6.97. The van der Waals surface area contributed by atoms with E-state index in [-0.39, 0.29) is 5.91 Å². The van der Waals surface area contributed by atoms with Gasteiger partial charge in [0.15, 0.2) is 0 Å². The number of amides is 1. The second-order valence-corrected chi connectivity index (χ2v) is 5.14. The van der Waals surface area contributed by atoms with Crippen LogP contribution >= 0.6 is 0 Å². The Labute approximate surface area is 93.0 Å². The summed E-state index contributed by atoms with van der Waals surface area (Å²) in [6.45, 7) is 8.93. The molecule has 15 heavy (non-hydrogen) atoms. The summed E-state index contributed by atoms with van der Waals surface area (Å²) in [6.07, 6.45) is 3.62. The lowest BCUT2D eigenvalue weighted by atomic mass is 10.0. The molecule has 1 aliphatic carbocycles. The molecular formula is C12H24N2O. The van der Waals surface area contributed by atoms with E-state index in [1.165, 1.54) is 12.8 Å². The van der Waals surface area contributed by atoms with Crippen molar-refractivity contribution in [3.05, 3.63) is 0 Å². The predicted octanol–water partition coefficient (Wildman–Crippen LogP) is 1.68. The number of rotatable bonds is 4. The SMILES string of the molecule is CCNC(C)(C)C(=O)NC1CCCC1C. The van der Waals surface area contributed by atoms with Crippen molar-refractivity contribution in [1.82, 2.24) is 10.6 Å². The third kappa shape index (κ3) is 3.20. The maximum Gasteiger partial charge on any atom is 0.239 e. The van der Waals surface area contributed by atoms with Crippen LogP contribution in [0.25, 0.3) is 0 Å². The monoisotopic (exact) mass is 212 g/mol. The fourth-order valence-corrected chi connectivity index (χ4v) is 2.23. The van der Waals surface area contributed by atoms with Crippen LogP contribution in [0.15, 0.2) is 0 Å². The first-order valence-electron chi connectivity index (χ1n) is 6.03. The van der Waals surface area contributed by atoms with Crippen molar-refractivity contribution < 1.29 is 4.79 Å². The molecule has 88 valence electrons. The molecule has 2 atom stereocenters. The van der Waals surface area contributed by atoms with E-state index in [4.69, 9.17) is 0 Å². The number of likely N-dealkylation sites (N-methyl/N-ethyl adjacent to an activating group) is 1. The number of nitrogens with one attached hydrogen (secondary N) is 2. The summed E-state index contributed by atoms with van der Waals surface area (Å²) in [5, 5.41) is 6.35. The third-order valence-electron chi connectivity index (χ3n) is 3.36. The summed E-state index contributed by atoms with van der Waals surface area (Å²) in [6, 6.07) is 0.385. The molecule has 0 aromatic rings. The standard InChI is InChI=1S/C12H24N2O/c1-5-13-12(3,4)11(15)14-10-8-6-7-9(10)2/h9-10,13H,5-8H2,1-4H3,(H,14,15). The van der Waals surface area contributed by atoms with Crippen molar-refractivity contribution in [2.45, 2.75) is 58.5 Å². The summed E-state index contributed by atoms with van der Waals surface area (Å²) in [5.74, 6) is 0.759. The molecule has 1 saturated carbocycles. The van der Waals surface area contributed by atoms with Gasteiger partial charge in [-0.15, -0.1) is 0 Å². The zero-order chi connectivity index (χ0) is 11.5. The fourth-order valence-electron chi connectivity index (χ4n) is 2.23. The van der Waals surface area contributed by atoms with E-state index >= 15 is 0 Å². The van der Waals surface area contributed by atoms with Gasteiger partial charge in [-0.1, -0.05) is 20.3 Å². The van der Waals surface area contributed by atoms with Crippen LogP contribution in [0, 0.1) is 5.92 Å². The van der Waals surface area contributed by atoms with Crippen LogP contribution in [0.2, 0.25) is 0 Å². The van der Waals surface area contributed by atoms with Gasteiger partial charge in [-0.2, -0.15) is 0 Å². The number of carbonyl (C=O) groups is 1. The lowest BCUT2D eigenvalue weighted by Gasteiger charge is -2.28. The van der Waals surface area contributed by atoms with Gasteiger partial charge in [-0.05, 0) is 39.2 Å². The lowest BCUT2D eigenvalue weighted by Crippen LogP contribution is -2.55. The van der Waals surface area contributed by atoms with Crippen LogP contribution in [0.5, 0.6) is 0 Å². The molecule has 0 spiro atoms. The quantitative estimate of drug-likeness (QED) is 0.744. The van der Waals surface area contributed by atoms with Gasteiger partial charge in [0.05, 0.1) is 5.54 Å². The van der Waals surface area contributed by atoms with Gasteiger partial charge in [-0.3, -0.25) is 4.79 Å². The summed E-state index contributed by atoms with van der Waals surface area (Å²) in [5.41, 5.74) is -0.447. The highest BCUT2D eigenvalue weighted by atomic mass is 16.2. The van der Waals surface area contributed by atoms with E-state index in [0.29, 0.717) is 12.0 Å². The Balaban J connectivity index is 2.47. The van der Waals surface area contributed by atoms with Crippen molar-refractivity contribution in [1.29, 1.82) is 0 Å². The van der Waals surface area contributed by atoms with Gasteiger partial charge in [0.2, 0.25) is 5.91 Å². The number of carbonyl (C=O) groups excluding carboxylic acids is 1. The zero-order valence-corrected chi connectivity index (χ0v) is 10.4. The van der Waals surface area contributed by atoms with Crippen LogP contribution in [0.3, 0.4) is 0 Å². The molecule has 0 aromatic carbocycles. The molecule has 0 saturated heterocycles. The molecule has 0 aromatic heterocycles. The fraction of sp³-hybridized carbons (Fsp3) is 0.917. The molecule has 0 heterocycles. The molecule has 2 N–H and O–H groups in total. The van der Waals surface area contributed by atoms with Crippen LogP contribution in [0.4, 0.5) is 0 Å². The van der Waals surface area contributed by atoms with Gasteiger partial charge in [0, 0.05) is 6.04 Å². The zero-order valence-electron chi connectivity index (χ0n) is 10.4. The van der Waals surface area contributed by atoms with E-state index in [2.05, 4.69) is 17.6 Å². The lowest BCUT2D eigenvalue weighted by molar-refractivity contribution is -0.127. The highest BCUT2D eigenvalue weighted by Crippen LogP contribution is 2.25. The van der Waals surface area contributed by atoms with Gasteiger partial charge in [0.1, 0.15) is 0 Å². The highest BCUT2D eigenvalue weighted by Gasteiger charge is 2.31. The summed E-state index contributed by atoms with van der Waals surface area (Å²) in [4.78, 5) is 12.0. The Morgan fingerprint density at radius 1 is 1.40 bits per heavy atom. The van der Waals surface area contributed by atoms with Crippen LogP contribution in [-0.2, 0) is 4.79 Å². The minimum Gasteiger partial charge on any atom is -0.352 e. The highest BCUT2D eigenvalue weighted by molar-refractivity contribution is 5.85. The molecule has 1 amide bonds. The van der Waals surface area contributed by atoms with Crippen molar-refractivity contribution in [3.63, 3.8) is 0 Å². The average molecular weight is 212 g/mol. The first-order valence-corrected chi connectivity index (χ1v) is 6.03. The van der Waals surface area contributed by atoms with Gasteiger partial charge < -0.3 is 10.6 Å². The third-order valence-corrected chi connectivity index (χ3v) is 3.36. The second-order valence-electron chi connectivity index (χ2n) is 5.14. The number of hydrogen-bond acceptors (Lipinski definition) is 2. The Hall–Kier alpha value is -0.570. The number of hydrogen-bond donors (Lipinski definition) is 2. The van der Waals surface area contributed by atoms with Crippen LogP contribution < -0.4 is 10.6 Å². The van der Waals surface area contributed by atoms with E-state index in [1.54, 1.807) is 0 Å². The molecule has 0 aliphatic heterocycles. The Bertz CT molecular complexity index is 226. The molecule has 0 bridgehead atoms. The normalized spacial score (nSPS) is 26.7. The maximum atomic E-state index is 12.0. The molecule has 1 fully saturated rings. The Morgan fingerprint density at radius 3 is 2.53 bits per heavy atom. The topological polar surface area (TPSA) is 41.1 Å². The van der Waals surface area contributed by atoms with Crippen molar-refractivity contribution in [2.24, 2.45) is 5.92 Å². The molecule has 1 rings (SSSR count). The first kappa shape index (κ1) is 12.5. The second kappa shape index (κ2) is 4.97. The predicted molar refractivity (Wildman–Crippen MR) is 62.7 cm³/mol. The van der Waals surface area contributed by atoms with E-state index in [9.17, 15) is 4.79 Å². The minimum atomic E-state index is -0.447. The Morgan fingerprint density at radius 2 is 2.07 bits per heavy atom. The van der Waals surface area contributed by atoms with Crippen molar-refractivity contribution in [2.75, 3.05) is 6.54 Å². The largest absolute Gasteiger partial charge is 0.352 e. The Kier molecular flexibility index (Phi) is 4.14. The average Bonchev–Trinajstić information content (AvgIpc) is 2.52. The van der Waals surface area contributed by atoms with E-state index < -0.39 is 5.54 Å². The molecule has 3 nitrogen and oxygen atoms in total. The van der Waals surface area contributed by atoms with Gasteiger partial charge in [-0.25, -0.2) is 0 Å². The van der Waals surface area contributed by atoms with Gasteiger partial charge >= 0.3 is 0 Å². The van der Waals surface area contributed by atoms with Crippen molar-refractivity contribution >= 4 is 5.91 Å². The van der Waals surface area contributed by atoms with Crippen LogP contribution in [-0.4, -0.2) is 24.0 Å². The molecule has 3 heteroatoms. The summed E-state index contributed by atoms with van der Waals surface area (Å²) >= 11 is 0.